The maximum Gasteiger partial charge on any atom is 0.251 e. The van der Waals surface area contributed by atoms with Crippen molar-refractivity contribution in [3.8, 4) is 5.75 Å². The standard InChI is InChI=1S/C26H26N2O3/c29-25-7-4-16-28(25)18-21-12-14-23(15-13-21)26(30)27-17-20-8-10-22(11-9-20)19-31-24-5-2-1-3-6-24/h1-3,5-6,8-15H,4,7,16-19H2,(H,27,30). The highest BCUT2D eigenvalue weighted by atomic mass is 16.5. The molecule has 1 heterocycles. The molecule has 0 bridgehead atoms. The Morgan fingerprint density at radius 2 is 1.55 bits per heavy atom. The summed E-state index contributed by atoms with van der Waals surface area (Å²) in [7, 11) is 0. The first kappa shape index (κ1) is 20.7. The van der Waals surface area contributed by atoms with Gasteiger partial charge in [-0.15, -0.1) is 0 Å². The monoisotopic (exact) mass is 414 g/mol. The molecule has 0 aromatic heterocycles. The highest BCUT2D eigenvalue weighted by molar-refractivity contribution is 5.94. The van der Waals surface area contributed by atoms with Crippen molar-refractivity contribution in [2.75, 3.05) is 6.54 Å². The molecule has 5 nitrogen and oxygen atoms in total. The number of amides is 2. The van der Waals surface area contributed by atoms with Crippen LogP contribution in [0.15, 0.2) is 78.9 Å². The zero-order valence-corrected chi connectivity index (χ0v) is 17.4. The fourth-order valence-corrected chi connectivity index (χ4v) is 3.57. The molecule has 0 spiro atoms. The molecule has 31 heavy (non-hydrogen) atoms. The van der Waals surface area contributed by atoms with Crippen LogP contribution < -0.4 is 10.1 Å². The van der Waals surface area contributed by atoms with Crippen LogP contribution in [0.3, 0.4) is 0 Å². The Kier molecular flexibility index (Phi) is 6.62. The number of para-hydroxylation sites is 1. The zero-order valence-electron chi connectivity index (χ0n) is 17.4. The van der Waals surface area contributed by atoms with E-state index in [1.807, 2.05) is 83.8 Å². The van der Waals surface area contributed by atoms with E-state index in [1.54, 1.807) is 0 Å². The number of carbonyl (C=O) groups excluding carboxylic acids is 2. The highest BCUT2D eigenvalue weighted by Gasteiger charge is 2.19. The molecule has 2 amide bonds. The van der Waals surface area contributed by atoms with E-state index in [0.29, 0.717) is 31.7 Å². The van der Waals surface area contributed by atoms with Crippen LogP contribution >= 0.6 is 0 Å². The van der Waals surface area contributed by atoms with Crippen molar-refractivity contribution in [2.24, 2.45) is 0 Å². The van der Waals surface area contributed by atoms with Gasteiger partial charge in [-0.2, -0.15) is 0 Å². The molecular formula is C26H26N2O3. The quantitative estimate of drug-likeness (QED) is 0.597. The van der Waals surface area contributed by atoms with Gasteiger partial charge in [0, 0.05) is 31.6 Å². The number of rotatable bonds is 8. The number of benzene rings is 3. The van der Waals surface area contributed by atoms with Crippen molar-refractivity contribution < 1.29 is 14.3 Å². The number of ether oxygens (including phenoxy) is 1. The Hall–Kier alpha value is -3.60. The van der Waals surface area contributed by atoms with E-state index in [0.717, 1.165) is 35.4 Å². The third-order valence-corrected chi connectivity index (χ3v) is 5.39. The summed E-state index contributed by atoms with van der Waals surface area (Å²) in [6.07, 6.45) is 1.57. The minimum Gasteiger partial charge on any atom is -0.489 e. The number of hydrogen-bond acceptors (Lipinski definition) is 3. The van der Waals surface area contributed by atoms with Crippen molar-refractivity contribution in [1.82, 2.24) is 10.2 Å². The average Bonchev–Trinajstić information content (AvgIpc) is 3.22. The largest absolute Gasteiger partial charge is 0.489 e. The third-order valence-electron chi connectivity index (χ3n) is 5.39. The number of carbonyl (C=O) groups is 2. The lowest BCUT2D eigenvalue weighted by molar-refractivity contribution is -0.128. The SMILES string of the molecule is O=C(NCc1ccc(COc2ccccc2)cc1)c1ccc(CN2CCCC2=O)cc1. The fourth-order valence-electron chi connectivity index (χ4n) is 3.57. The topological polar surface area (TPSA) is 58.6 Å². The summed E-state index contributed by atoms with van der Waals surface area (Å²) in [5.74, 6) is 0.941. The summed E-state index contributed by atoms with van der Waals surface area (Å²) in [4.78, 5) is 26.1. The summed E-state index contributed by atoms with van der Waals surface area (Å²) in [5.41, 5.74) is 3.76. The molecule has 0 saturated carbocycles. The molecule has 1 N–H and O–H groups in total. The van der Waals surface area contributed by atoms with Crippen LogP contribution in [0.25, 0.3) is 0 Å². The number of likely N-dealkylation sites (tertiary alicyclic amines) is 1. The first-order valence-corrected chi connectivity index (χ1v) is 10.6. The van der Waals surface area contributed by atoms with Gasteiger partial charge in [0.1, 0.15) is 12.4 Å². The highest BCUT2D eigenvalue weighted by Crippen LogP contribution is 2.15. The smallest absolute Gasteiger partial charge is 0.251 e. The van der Waals surface area contributed by atoms with Gasteiger partial charge in [0.05, 0.1) is 0 Å². The van der Waals surface area contributed by atoms with Crippen LogP contribution in [0.2, 0.25) is 0 Å². The Morgan fingerprint density at radius 3 is 2.23 bits per heavy atom. The van der Waals surface area contributed by atoms with Gasteiger partial charge < -0.3 is 15.0 Å². The summed E-state index contributed by atoms with van der Waals surface area (Å²) < 4.78 is 5.75. The van der Waals surface area contributed by atoms with E-state index in [4.69, 9.17) is 4.74 Å². The van der Waals surface area contributed by atoms with Crippen LogP contribution in [-0.2, 0) is 24.5 Å². The van der Waals surface area contributed by atoms with Gasteiger partial charge >= 0.3 is 0 Å². The molecule has 5 heteroatoms. The first-order valence-electron chi connectivity index (χ1n) is 10.6. The molecule has 158 valence electrons. The Morgan fingerprint density at radius 1 is 0.871 bits per heavy atom. The lowest BCUT2D eigenvalue weighted by atomic mass is 10.1. The third kappa shape index (κ3) is 5.72. The predicted molar refractivity (Wildman–Crippen MR) is 119 cm³/mol. The zero-order chi connectivity index (χ0) is 21.5. The Labute approximate surface area is 182 Å². The maximum atomic E-state index is 12.5. The van der Waals surface area contributed by atoms with Gasteiger partial charge in [-0.25, -0.2) is 0 Å². The van der Waals surface area contributed by atoms with Gasteiger partial charge in [-0.1, -0.05) is 54.6 Å². The number of hydrogen-bond donors (Lipinski definition) is 1. The molecule has 0 aliphatic carbocycles. The van der Waals surface area contributed by atoms with Crippen LogP contribution in [0, 0.1) is 0 Å². The predicted octanol–water partition coefficient (Wildman–Crippen LogP) is 4.32. The fraction of sp³-hybridized carbons (Fsp3) is 0.231. The van der Waals surface area contributed by atoms with E-state index in [9.17, 15) is 9.59 Å². The molecule has 1 aliphatic rings. The number of nitrogens with zero attached hydrogens (tertiary/aromatic N) is 1. The lowest BCUT2D eigenvalue weighted by Crippen LogP contribution is -2.24. The second-order valence-electron chi connectivity index (χ2n) is 7.72. The van der Waals surface area contributed by atoms with Gasteiger partial charge in [0.2, 0.25) is 5.91 Å². The molecule has 0 radical (unpaired) electrons. The van der Waals surface area contributed by atoms with Crippen molar-refractivity contribution in [1.29, 1.82) is 0 Å². The van der Waals surface area contributed by atoms with Gasteiger partial charge in [0.15, 0.2) is 0 Å². The van der Waals surface area contributed by atoms with Gasteiger partial charge in [0.25, 0.3) is 5.91 Å². The van der Waals surface area contributed by atoms with Crippen LogP contribution in [0.5, 0.6) is 5.75 Å². The first-order chi connectivity index (χ1) is 15.2. The molecule has 0 atom stereocenters. The molecule has 4 rings (SSSR count). The van der Waals surface area contributed by atoms with E-state index >= 15 is 0 Å². The van der Waals surface area contributed by atoms with E-state index in [2.05, 4.69) is 5.32 Å². The van der Waals surface area contributed by atoms with E-state index in [-0.39, 0.29) is 11.8 Å². The summed E-state index contributed by atoms with van der Waals surface area (Å²) in [5, 5.41) is 2.96. The second-order valence-corrected chi connectivity index (χ2v) is 7.72. The summed E-state index contributed by atoms with van der Waals surface area (Å²) in [6, 6.07) is 25.2. The van der Waals surface area contributed by atoms with E-state index in [1.165, 1.54) is 0 Å². The molecule has 3 aromatic rings. The minimum atomic E-state index is -0.111. The normalized spacial score (nSPS) is 13.3. The Balaban J connectivity index is 1.25. The van der Waals surface area contributed by atoms with Crippen molar-refractivity contribution >= 4 is 11.8 Å². The maximum absolute atomic E-state index is 12.5. The minimum absolute atomic E-state index is 0.111. The van der Waals surface area contributed by atoms with Crippen molar-refractivity contribution in [3.63, 3.8) is 0 Å². The van der Waals surface area contributed by atoms with Crippen molar-refractivity contribution in [2.45, 2.75) is 32.5 Å². The molecule has 1 aliphatic heterocycles. The van der Waals surface area contributed by atoms with Gasteiger partial charge in [-0.3, -0.25) is 9.59 Å². The van der Waals surface area contributed by atoms with E-state index < -0.39 is 0 Å². The second kappa shape index (κ2) is 9.94. The van der Waals surface area contributed by atoms with Gasteiger partial charge in [-0.05, 0) is 47.4 Å². The van der Waals surface area contributed by atoms with Crippen LogP contribution in [-0.4, -0.2) is 23.3 Å². The molecule has 1 saturated heterocycles. The van der Waals surface area contributed by atoms with Crippen molar-refractivity contribution in [3.05, 3.63) is 101 Å². The number of nitrogens with one attached hydrogen (secondary N) is 1. The average molecular weight is 415 g/mol. The lowest BCUT2D eigenvalue weighted by Gasteiger charge is -2.15. The molecule has 3 aromatic carbocycles. The summed E-state index contributed by atoms with van der Waals surface area (Å²) >= 11 is 0. The molecule has 0 unspecified atom stereocenters. The summed E-state index contributed by atoms with van der Waals surface area (Å²) in [6.45, 7) is 2.40. The Bertz CT molecular complexity index is 1010. The van der Waals surface area contributed by atoms with Crippen LogP contribution in [0.1, 0.15) is 39.9 Å². The van der Waals surface area contributed by atoms with Crippen LogP contribution in [0.4, 0.5) is 0 Å². The molecular weight excluding hydrogens is 388 g/mol. The molecule has 1 fully saturated rings.